The van der Waals surface area contributed by atoms with Gasteiger partial charge in [0.15, 0.2) is 0 Å². The first kappa shape index (κ1) is 6.86. The SMILES string of the molecule is O=C(O)C12C3CC4C5C3CC1C5CC42. The van der Waals surface area contributed by atoms with E-state index in [4.69, 9.17) is 0 Å². The molecule has 74 valence electrons. The van der Waals surface area contributed by atoms with Crippen LogP contribution in [0.1, 0.15) is 19.3 Å². The van der Waals surface area contributed by atoms with Gasteiger partial charge in [-0.3, -0.25) is 4.79 Å². The Hall–Kier alpha value is -0.530. The maximum Gasteiger partial charge on any atom is 0.310 e. The van der Waals surface area contributed by atoms with E-state index in [1.54, 1.807) is 0 Å². The lowest BCUT2D eigenvalue weighted by Crippen LogP contribution is -2.47. The second-order valence-electron chi connectivity index (χ2n) is 6.33. The van der Waals surface area contributed by atoms with Gasteiger partial charge in [-0.05, 0) is 60.7 Å². The molecule has 0 aromatic heterocycles. The first-order valence-electron chi connectivity index (χ1n) is 5.99. The zero-order valence-electron chi connectivity index (χ0n) is 8.02. The molecule has 0 spiro atoms. The van der Waals surface area contributed by atoms with E-state index in [0.717, 1.165) is 23.7 Å². The number of rotatable bonds is 1. The van der Waals surface area contributed by atoms with Crippen molar-refractivity contribution in [1.82, 2.24) is 0 Å². The lowest BCUT2D eigenvalue weighted by Gasteiger charge is -2.42. The van der Waals surface area contributed by atoms with Crippen LogP contribution in [0, 0.1) is 46.8 Å². The van der Waals surface area contributed by atoms with Crippen LogP contribution in [0.4, 0.5) is 0 Å². The minimum atomic E-state index is -0.428. The molecule has 6 aliphatic rings. The molecule has 14 heavy (non-hydrogen) atoms. The van der Waals surface area contributed by atoms with Gasteiger partial charge in [-0.25, -0.2) is 0 Å². The van der Waals surface area contributed by atoms with Crippen molar-refractivity contribution in [3.63, 3.8) is 0 Å². The maximum absolute atomic E-state index is 11.6. The zero-order chi connectivity index (χ0) is 9.24. The minimum absolute atomic E-state index is 0.200. The summed E-state index contributed by atoms with van der Waals surface area (Å²) in [5.74, 6) is 4.87. The summed E-state index contributed by atoms with van der Waals surface area (Å²) in [6.45, 7) is 0. The average Bonchev–Trinajstić information content (AvgIpc) is 2.77. The molecule has 6 atom stereocenters. The quantitative estimate of drug-likeness (QED) is 0.682. The Kier molecular flexibility index (Phi) is 0.763. The third-order valence-corrected chi connectivity index (χ3v) is 6.82. The van der Waals surface area contributed by atoms with E-state index in [2.05, 4.69) is 0 Å². The lowest BCUT2D eigenvalue weighted by atomic mass is 9.60. The van der Waals surface area contributed by atoms with Gasteiger partial charge >= 0.3 is 5.97 Å². The second kappa shape index (κ2) is 1.56. The molecule has 6 saturated carbocycles. The standard InChI is InChI=1S/C12H14O2/c13-11(14)12-7-1-4-8(12)3-6-9(12)2-5(7)10(4)6/h4-10H,1-3H2,(H,13,14). The Morgan fingerprint density at radius 2 is 1.43 bits per heavy atom. The van der Waals surface area contributed by atoms with Crippen molar-refractivity contribution in [1.29, 1.82) is 0 Å². The minimum Gasteiger partial charge on any atom is -0.481 e. The molecule has 0 saturated heterocycles. The Morgan fingerprint density at radius 1 is 1.00 bits per heavy atom. The van der Waals surface area contributed by atoms with Crippen molar-refractivity contribution in [3.8, 4) is 0 Å². The fraction of sp³-hybridized carbons (Fsp3) is 0.917. The largest absolute Gasteiger partial charge is 0.481 e. The van der Waals surface area contributed by atoms with Gasteiger partial charge in [0.25, 0.3) is 0 Å². The van der Waals surface area contributed by atoms with Gasteiger partial charge in [0.05, 0.1) is 5.41 Å². The normalized spacial score (nSPS) is 74.4. The van der Waals surface area contributed by atoms with Gasteiger partial charge in [0, 0.05) is 0 Å². The highest BCUT2D eigenvalue weighted by Crippen LogP contribution is 2.87. The third kappa shape index (κ3) is 0.356. The lowest BCUT2D eigenvalue weighted by molar-refractivity contribution is -0.160. The summed E-state index contributed by atoms with van der Waals surface area (Å²) in [7, 11) is 0. The van der Waals surface area contributed by atoms with Crippen LogP contribution in [-0.2, 0) is 4.79 Å². The monoisotopic (exact) mass is 190 g/mol. The van der Waals surface area contributed by atoms with Crippen LogP contribution in [0.3, 0.4) is 0 Å². The number of hydrogen-bond donors (Lipinski definition) is 1. The molecule has 6 unspecified atom stereocenters. The van der Waals surface area contributed by atoms with Crippen LogP contribution in [0.5, 0.6) is 0 Å². The second-order valence-corrected chi connectivity index (χ2v) is 6.33. The molecule has 6 bridgehead atoms. The molecule has 2 heteroatoms. The molecule has 2 nitrogen and oxygen atoms in total. The summed E-state index contributed by atoms with van der Waals surface area (Å²) in [4.78, 5) is 11.6. The highest BCUT2D eigenvalue weighted by molar-refractivity contribution is 5.79. The predicted octanol–water partition coefficient (Wildman–Crippen LogP) is 1.61. The summed E-state index contributed by atoms with van der Waals surface area (Å²) >= 11 is 0. The van der Waals surface area contributed by atoms with E-state index in [1.165, 1.54) is 19.3 Å². The van der Waals surface area contributed by atoms with Crippen molar-refractivity contribution in [2.45, 2.75) is 19.3 Å². The van der Waals surface area contributed by atoms with Crippen LogP contribution in [0.15, 0.2) is 0 Å². The van der Waals surface area contributed by atoms with Crippen molar-refractivity contribution in [2.75, 3.05) is 0 Å². The van der Waals surface area contributed by atoms with Gasteiger partial charge in [0.2, 0.25) is 0 Å². The van der Waals surface area contributed by atoms with Crippen LogP contribution >= 0.6 is 0 Å². The van der Waals surface area contributed by atoms with Crippen LogP contribution in [0.25, 0.3) is 0 Å². The summed E-state index contributed by atoms with van der Waals surface area (Å²) in [5.41, 5.74) is -0.200. The van der Waals surface area contributed by atoms with Crippen LogP contribution in [0.2, 0.25) is 0 Å². The predicted molar refractivity (Wildman–Crippen MR) is 48.3 cm³/mol. The molecule has 0 radical (unpaired) electrons. The summed E-state index contributed by atoms with van der Waals surface area (Å²) in [6.07, 6.45) is 3.83. The van der Waals surface area contributed by atoms with Gasteiger partial charge in [-0.1, -0.05) is 0 Å². The van der Waals surface area contributed by atoms with Crippen molar-refractivity contribution in [2.24, 2.45) is 46.8 Å². The van der Waals surface area contributed by atoms with Gasteiger partial charge in [0.1, 0.15) is 0 Å². The molecule has 6 fully saturated rings. The molecule has 0 aromatic rings. The fourth-order valence-corrected chi connectivity index (χ4v) is 7.07. The topological polar surface area (TPSA) is 37.3 Å². The third-order valence-electron chi connectivity index (χ3n) is 6.82. The average molecular weight is 190 g/mol. The van der Waals surface area contributed by atoms with E-state index in [9.17, 15) is 9.90 Å². The highest BCUT2D eigenvalue weighted by Gasteiger charge is 2.86. The number of hydrogen-bond acceptors (Lipinski definition) is 1. The Morgan fingerprint density at radius 3 is 1.79 bits per heavy atom. The van der Waals surface area contributed by atoms with Crippen LogP contribution < -0.4 is 0 Å². The summed E-state index contributed by atoms with van der Waals surface area (Å²) < 4.78 is 0. The highest BCUT2D eigenvalue weighted by atomic mass is 16.4. The van der Waals surface area contributed by atoms with Gasteiger partial charge in [-0.2, -0.15) is 0 Å². The molecule has 6 rings (SSSR count). The van der Waals surface area contributed by atoms with Crippen molar-refractivity contribution >= 4 is 5.97 Å². The van der Waals surface area contributed by atoms with Crippen LogP contribution in [-0.4, -0.2) is 11.1 Å². The molecule has 0 heterocycles. The number of carbonyl (C=O) groups is 1. The first-order chi connectivity index (χ1) is 6.76. The fourth-order valence-electron chi connectivity index (χ4n) is 7.07. The molecule has 1 N–H and O–H groups in total. The van der Waals surface area contributed by atoms with E-state index in [-0.39, 0.29) is 5.41 Å². The smallest absolute Gasteiger partial charge is 0.310 e. The van der Waals surface area contributed by atoms with E-state index < -0.39 is 5.97 Å². The number of carboxylic acid groups (broad SMARTS) is 1. The molecule has 0 aromatic carbocycles. The number of carboxylic acids is 1. The van der Waals surface area contributed by atoms with E-state index >= 15 is 0 Å². The van der Waals surface area contributed by atoms with Gasteiger partial charge in [-0.15, -0.1) is 0 Å². The zero-order valence-corrected chi connectivity index (χ0v) is 8.02. The number of aliphatic carboxylic acids is 1. The maximum atomic E-state index is 11.6. The summed E-state index contributed by atoms with van der Waals surface area (Å²) in [5, 5.41) is 9.60. The van der Waals surface area contributed by atoms with E-state index in [1.807, 2.05) is 0 Å². The molecular formula is C12H14O2. The molecule has 0 amide bonds. The molecule has 6 aliphatic carbocycles. The van der Waals surface area contributed by atoms with Crippen molar-refractivity contribution < 1.29 is 9.90 Å². The summed E-state index contributed by atoms with van der Waals surface area (Å²) in [6, 6.07) is 0. The molecule has 0 aliphatic heterocycles. The Balaban J connectivity index is 1.87. The molecular weight excluding hydrogens is 176 g/mol. The Bertz CT molecular complexity index is 329. The van der Waals surface area contributed by atoms with E-state index in [0.29, 0.717) is 17.8 Å². The first-order valence-corrected chi connectivity index (χ1v) is 5.99. The van der Waals surface area contributed by atoms with Gasteiger partial charge < -0.3 is 5.11 Å². The Labute approximate surface area is 82.7 Å². The van der Waals surface area contributed by atoms with Crippen molar-refractivity contribution in [3.05, 3.63) is 0 Å².